The second-order valence-corrected chi connectivity index (χ2v) is 5.51. The first kappa shape index (κ1) is 15.5. The molecule has 0 aromatic heterocycles. The molecule has 2 aromatic rings. The summed E-state index contributed by atoms with van der Waals surface area (Å²) in [6, 6.07) is 14.4. The third-order valence-electron chi connectivity index (χ3n) is 4.00. The monoisotopic (exact) mass is 314 g/mol. The van der Waals surface area contributed by atoms with E-state index >= 15 is 0 Å². The second kappa shape index (κ2) is 6.76. The Kier molecular flexibility index (Phi) is 4.55. The van der Waals surface area contributed by atoms with Crippen molar-refractivity contribution in [1.82, 2.24) is 0 Å². The van der Waals surface area contributed by atoms with Gasteiger partial charge in [-0.3, -0.25) is 10.1 Å². The number of nitro groups is 1. The molecule has 0 saturated carbocycles. The molecular formula is C17H18N2O4. The molecule has 3 rings (SSSR count). The molecule has 2 unspecified atom stereocenters. The lowest BCUT2D eigenvalue weighted by atomic mass is 10.0. The minimum atomic E-state index is -0.420. The van der Waals surface area contributed by atoms with E-state index in [-0.39, 0.29) is 24.4 Å². The van der Waals surface area contributed by atoms with E-state index in [4.69, 9.17) is 4.74 Å². The molecule has 0 radical (unpaired) electrons. The normalized spacial score (nSPS) is 20.4. The van der Waals surface area contributed by atoms with Crippen LogP contribution in [0.4, 0.5) is 11.4 Å². The molecular weight excluding hydrogens is 296 g/mol. The minimum absolute atomic E-state index is 0.000844. The SMILES string of the molecule is O=[N+]([O-])c1ccc(CO)cc1NC1CCOC1c1ccccc1. The number of rotatable bonds is 5. The van der Waals surface area contributed by atoms with Gasteiger partial charge >= 0.3 is 0 Å². The third kappa shape index (κ3) is 3.33. The van der Waals surface area contributed by atoms with Gasteiger partial charge in [-0.05, 0) is 29.7 Å². The molecule has 0 spiro atoms. The van der Waals surface area contributed by atoms with E-state index in [0.29, 0.717) is 17.9 Å². The van der Waals surface area contributed by atoms with E-state index in [1.807, 2.05) is 30.3 Å². The van der Waals surface area contributed by atoms with E-state index in [1.165, 1.54) is 6.07 Å². The Morgan fingerprint density at radius 2 is 2.04 bits per heavy atom. The van der Waals surface area contributed by atoms with Gasteiger partial charge < -0.3 is 15.2 Å². The highest BCUT2D eigenvalue weighted by Crippen LogP contribution is 2.34. The number of aliphatic hydroxyl groups excluding tert-OH is 1. The predicted octanol–water partition coefficient (Wildman–Crippen LogP) is 3.03. The largest absolute Gasteiger partial charge is 0.392 e. The standard InChI is InChI=1S/C17H18N2O4/c20-11-12-6-7-16(19(21)22)15(10-12)18-14-8-9-23-17(14)13-4-2-1-3-5-13/h1-7,10,14,17-18,20H,8-9,11H2. The van der Waals surface area contributed by atoms with Crippen LogP contribution in [0.1, 0.15) is 23.7 Å². The molecule has 1 saturated heterocycles. The maximum Gasteiger partial charge on any atom is 0.292 e. The zero-order valence-electron chi connectivity index (χ0n) is 12.5. The molecule has 0 amide bonds. The maximum atomic E-state index is 11.2. The van der Waals surface area contributed by atoms with Gasteiger partial charge in [-0.2, -0.15) is 0 Å². The van der Waals surface area contributed by atoms with Gasteiger partial charge in [0.25, 0.3) is 5.69 Å². The highest BCUT2D eigenvalue weighted by atomic mass is 16.6. The topological polar surface area (TPSA) is 84.6 Å². The Bertz CT molecular complexity index is 690. The number of nitrogens with one attached hydrogen (secondary N) is 1. The van der Waals surface area contributed by atoms with Crippen molar-refractivity contribution in [3.8, 4) is 0 Å². The summed E-state index contributed by atoms with van der Waals surface area (Å²) < 4.78 is 5.80. The van der Waals surface area contributed by atoms with E-state index in [1.54, 1.807) is 12.1 Å². The molecule has 2 atom stereocenters. The molecule has 2 N–H and O–H groups in total. The van der Waals surface area contributed by atoms with Gasteiger partial charge in [0.2, 0.25) is 0 Å². The Hall–Kier alpha value is -2.44. The van der Waals surface area contributed by atoms with Crippen LogP contribution in [-0.4, -0.2) is 22.7 Å². The highest BCUT2D eigenvalue weighted by Gasteiger charge is 2.31. The quantitative estimate of drug-likeness (QED) is 0.654. The summed E-state index contributed by atoms with van der Waals surface area (Å²) >= 11 is 0. The fraction of sp³-hybridized carbons (Fsp3) is 0.294. The molecule has 2 aromatic carbocycles. The molecule has 1 aliphatic rings. The van der Waals surface area contributed by atoms with Gasteiger partial charge in [0, 0.05) is 12.7 Å². The number of benzene rings is 2. The second-order valence-electron chi connectivity index (χ2n) is 5.51. The average molecular weight is 314 g/mol. The van der Waals surface area contributed by atoms with Crippen LogP contribution in [0.15, 0.2) is 48.5 Å². The van der Waals surface area contributed by atoms with Crippen molar-refractivity contribution in [3.63, 3.8) is 0 Å². The lowest BCUT2D eigenvalue weighted by Gasteiger charge is -2.21. The lowest BCUT2D eigenvalue weighted by molar-refractivity contribution is -0.384. The van der Waals surface area contributed by atoms with Crippen LogP contribution in [0.2, 0.25) is 0 Å². The first-order valence-electron chi connectivity index (χ1n) is 7.50. The fourth-order valence-corrected chi connectivity index (χ4v) is 2.86. The zero-order valence-corrected chi connectivity index (χ0v) is 12.5. The van der Waals surface area contributed by atoms with Crippen molar-refractivity contribution >= 4 is 11.4 Å². The van der Waals surface area contributed by atoms with Gasteiger partial charge in [0.15, 0.2) is 0 Å². The Morgan fingerprint density at radius 1 is 1.26 bits per heavy atom. The maximum absolute atomic E-state index is 11.2. The molecule has 0 bridgehead atoms. The van der Waals surface area contributed by atoms with Gasteiger partial charge in [0.1, 0.15) is 11.8 Å². The molecule has 1 aliphatic heterocycles. The van der Waals surface area contributed by atoms with E-state index in [0.717, 1.165) is 12.0 Å². The van der Waals surface area contributed by atoms with Gasteiger partial charge in [0.05, 0.1) is 17.6 Å². The Labute approximate surface area is 133 Å². The van der Waals surface area contributed by atoms with Gasteiger partial charge in [-0.1, -0.05) is 30.3 Å². The summed E-state index contributed by atoms with van der Waals surface area (Å²) in [7, 11) is 0. The van der Waals surface area contributed by atoms with Crippen LogP contribution in [-0.2, 0) is 11.3 Å². The van der Waals surface area contributed by atoms with Crippen molar-refractivity contribution in [2.24, 2.45) is 0 Å². The number of nitrogens with zero attached hydrogens (tertiary/aromatic N) is 1. The minimum Gasteiger partial charge on any atom is -0.392 e. The number of nitro benzene ring substituents is 1. The van der Waals surface area contributed by atoms with E-state index < -0.39 is 4.92 Å². The van der Waals surface area contributed by atoms with Crippen molar-refractivity contribution in [3.05, 3.63) is 69.8 Å². The van der Waals surface area contributed by atoms with Crippen molar-refractivity contribution in [2.45, 2.75) is 25.2 Å². The summed E-state index contributed by atoms with van der Waals surface area (Å²) in [4.78, 5) is 10.8. The Balaban J connectivity index is 1.87. The van der Waals surface area contributed by atoms with Crippen LogP contribution >= 0.6 is 0 Å². The number of ether oxygens (including phenoxy) is 1. The first-order chi connectivity index (χ1) is 11.2. The van der Waals surface area contributed by atoms with Crippen LogP contribution < -0.4 is 5.32 Å². The fourth-order valence-electron chi connectivity index (χ4n) is 2.86. The number of aliphatic hydroxyl groups is 1. The number of hydrogen-bond donors (Lipinski definition) is 2. The molecule has 120 valence electrons. The molecule has 23 heavy (non-hydrogen) atoms. The van der Waals surface area contributed by atoms with E-state index in [2.05, 4.69) is 5.32 Å². The first-order valence-corrected chi connectivity index (χ1v) is 7.50. The molecule has 0 aliphatic carbocycles. The predicted molar refractivity (Wildman–Crippen MR) is 86.2 cm³/mol. The Morgan fingerprint density at radius 3 is 2.74 bits per heavy atom. The van der Waals surface area contributed by atoms with Crippen LogP contribution in [0, 0.1) is 10.1 Å². The summed E-state index contributed by atoms with van der Waals surface area (Å²) in [5.41, 5.74) is 2.09. The smallest absolute Gasteiger partial charge is 0.292 e. The number of hydrogen-bond acceptors (Lipinski definition) is 5. The van der Waals surface area contributed by atoms with Gasteiger partial charge in [-0.25, -0.2) is 0 Å². The molecule has 6 heteroatoms. The van der Waals surface area contributed by atoms with E-state index in [9.17, 15) is 15.2 Å². The molecule has 6 nitrogen and oxygen atoms in total. The summed E-state index contributed by atoms with van der Waals surface area (Å²) in [6.07, 6.45) is 0.619. The van der Waals surface area contributed by atoms with Crippen molar-refractivity contribution in [2.75, 3.05) is 11.9 Å². The zero-order chi connectivity index (χ0) is 16.2. The summed E-state index contributed by atoms with van der Waals surface area (Å²) in [6.45, 7) is 0.445. The molecule has 1 fully saturated rings. The van der Waals surface area contributed by atoms with Crippen molar-refractivity contribution in [1.29, 1.82) is 0 Å². The van der Waals surface area contributed by atoms with Gasteiger partial charge in [-0.15, -0.1) is 0 Å². The summed E-state index contributed by atoms with van der Waals surface area (Å²) in [5, 5.41) is 23.7. The third-order valence-corrected chi connectivity index (χ3v) is 4.00. The number of anilines is 1. The highest BCUT2D eigenvalue weighted by molar-refractivity contribution is 5.63. The molecule has 1 heterocycles. The summed E-state index contributed by atoms with van der Waals surface area (Å²) in [5.74, 6) is 0. The van der Waals surface area contributed by atoms with Crippen LogP contribution in [0.3, 0.4) is 0 Å². The van der Waals surface area contributed by atoms with Crippen LogP contribution in [0.25, 0.3) is 0 Å². The van der Waals surface area contributed by atoms with Crippen molar-refractivity contribution < 1.29 is 14.8 Å². The average Bonchev–Trinajstić information content (AvgIpc) is 3.03. The van der Waals surface area contributed by atoms with Crippen LogP contribution in [0.5, 0.6) is 0 Å². The lowest BCUT2D eigenvalue weighted by Crippen LogP contribution is -2.23.